The van der Waals surface area contributed by atoms with Crippen molar-refractivity contribution < 1.29 is 19.8 Å². The fraction of sp³-hybridized carbons (Fsp3) is 0.600. The maximum Gasteiger partial charge on any atom is 0.328 e. The average molecular weight is 230 g/mol. The SMILES string of the molecule is NCCCCCN(CO)C(=O)/C=C\C(=O)O. The molecule has 0 aliphatic heterocycles. The molecule has 0 aromatic carbocycles. The summed E-state index contributed by atoms with van der Waals surface area (Å²) in [5.41, 5.74) is 5.31. The van der Waals surface area contributed by atoms with Crippen molar-refractivity contribution in [3.05, 3.63) is 12.2 Å². The first kappa shape index (κ1) is 14.6. The molecule has 0 unspecified atom stereocenters. The number of nitrogens with zero attached hydrogens (tertiary/aromatic N) is 1. The molecule has 4 N–H and O–H groups in total. The maximum absolute atomic E-state index is 11.3. The van der Waals surface area contributed by atoms with Crippen LogP contribution >= 0.6 is 0 Å². The molecule has 0 aliphatic rings. The van der Waals surface area contributed by atoms with Crippen LogP contribution in [0.5, 0.6) is 0 Å². The van der Waals surface area contributed by atoms with Crippen LogP contribution in [0.15, 0.2) is 12.2 Å². The molecule has 0 radical (unpaired) electrons. The van der Waals surface area contributed by atoms with Gasteiger partial charge >= 0.3 is 5.97 Å². The Labute approximate surface area is 94.3 Å². The summed E-state index contributed by atoms with van der Waals surface area (Å²) in [6, 6.07) is 0. The van der Waals surface area contributed by atoms with Crippen molar-refractivity contribution in [2.24, 2.45) is 5.73 Å². The minimum Gasteiger partial charge on any atom is -0.478 e. The molecule has 0 fully saturated rings. The number of aliphatic hydroxyl groups excluding tert-OH is 1. The van der Waals surface area contributed by atoms with Gasteiger partial charge in [0.25, 0.3) is 0 Å². The monoisotopic (exact) mass is 230 g/mol. The Morgan fingerprint density at radius 3 is 2.38 bits per heavy atom. The number of aliphatic hydroxyl groups is 1. The number of nitrogens with two attached hydrogens (primary N) is 1. The van der Waals surface area contributed by atoms with Crippen molar-refractivity contribution in [2.75, 3.05) is 19.8 Å². The Morgan fingerprint density at radius 1 is 1.19 bits per heavy atom. The summed E-state index contributed by atoms with van der Waals surface area (Å²) in [6.07, 6.45) is 4.18. The number of carboxylic acid groups (broad SMARTS) is 1. The number of aliphatic carboxylic acids is 1. The molecule has 0 aliphatic carbocycles. The van der Waals surface area contributed by atoms with Gasteiger partial charge in [-0.2, -0.15) is 0 Å². The zero-order chi connectivity index (χ0) is 12.4. The molecule has 0 heterocycles. The van der Waals surface area contributed by atoms with Gasteiger partial charge in [-0.25, -0.2) is 4.79 Å². The predicted molar refractivity (Wildman–Crippen MR) is 58.5 cm³/mol. The van der Waals surface area contributed by atoms with Gasteiger partial charge in [-0.05, 0) is 19.4 Å². The van der Waals surface area contributed by atoms with Gasteiger partial charge in [0.15, 0.2) is 0 Å². The summed E-state index contributed by atoms with van der Waals surface area (Å²) >= 11 is 0. The van der Waals surface area contributed by atoms with Crippen LogP contribution in [0.3, 0.4) is 0 Å². The Morgan fingerprint density at radius 2 is 1.88 bits per heavy atom. The lowest BCUT2D eigenvalue weighted by Crippen LogP contribution is -2.31. The highest BCUT2D eigenvalue weighted by Crippen LogP contribution is 1.98. The topological polar surface area (TPSA) is 104 Å². The second-order valence-electron chi connectivity index (χ2n) is 3.26. The van der Waals surface area contributed by atoms with E-state index in [4.69, 9.17) is 15.9 Å². The zero-order valence-corrected chi connectivity index (χ0v) is 9.13. The zero-order valence-electron chi connectivity index (χ0n) is 9.13. The molecule has 0 aromatic rings. The number of carboxylic acids is 1. The van der Waals surface area contributed by atoms with Gasteiger partial charge in [0.1, 0.15) is 6.73 Å². The summed E-state index contributed by atoms with van der Waals surface area (Å²) in [5.74, 6) is -1.69. The summed E-state index contributed by atoms with van der Waals surface area (Å²) in [4.78, 5) is 22.7. The highest BCUT2D eigenvalue weighted by atomic mass is 16.4. The molecule has 0 atom stereocenters. The molecule has 92 valence electrons. The van der Waals surface area contributed by atoms with Crippen LogP contribution in [-0.2, 0) is 9.59 Å². The number of carbonyl (C=O) groups excluding carboxylic acids is 1. The van der Waals surface area contributed by atoms with E-state index in [1.54, 1.807) is 0 Å². The summed E-state index contributed by atoms with van der Waals surface area (Å²) in [5, 5.41) is 17.2. The van der Waals surface area contributed by atoms with E-state index in [9.17, 15) is 9.59 Å². The van der Waals surface area contributed by atoms with Gasteiger partial charge in [0, 0.05) is 18.7 Å². The fourth-order valence-corrected chi connectivity index (χ4v) is 1.12. The van der Waals surface area contributed by atoms with Crippen LogP contribution < -0.4 is 5.73 Å². The van der Waals surface area contributed by atoms with Crippen LogP contribution in [0.4, 0.5) is 0 Å². The number of carbonyl (C=O) groups is 2. The second-order valence-corrected chi connectivity index (χ2v) is 3.26. The molecule has 0 bridgehead atoms. The van der Waals surface area contributed by atoms with E-state index in [2.05, 4.69) is 0 Å². The Bertz CT molecular complexity index is 253. The van der Waals surface area contributed by atoms with E-state index in [1.807, 2.05) is 0 Å². The number of hydrogen-bond acceptors (Lipinski definition) is 4. The van der Waals surface area contributed by atoms with Gasteiger partial charge in [-0.1, -0.05) is 6.42 Å². The standard InChI is InChI=1S/C10H18N2O4/c11-6-2-1-3-7-12(8-13)9(14)4-5-10(15)16/h4-5,13H,1-3,6-8,11H2,(H,15,16)/b5-4-. The molecule has 0 aromatic heterocycles. The van der Waals surface area contributed by atoms with Crippen molar-refractivity contribution in [3.8, 4) is 0 Å². The summed E-state index contributed by atoms with van der Waals surface area (Å²) in [6.45, 7) is 0.594. The predicted octanol–water partition coefficient (Wildman–Crippen LogP) is -0.465. The number of hydrogen-bond donors (Lipinski definition) is 3. The lowest BCUT2D eigenvalue weighted by atomic mass is 10.2. The molecule has 0 saturated heterocycles. The molecule has 16 heavy (non-hydrogen) atoms. The van der Waals surface area contributed by atoms with E-state index < -0.39 is 18.6 Å². The molecular weight excluding hydrogens is 212 g/mol. The first-order valence-electron chi connectivity index (χ1n) is 5.12. The van der Waals surface area contributed by atoms with Gasteiger partial charge in [-0.3, -0.25) is 4.79 Å². The highest BCUT2D eigenvalue weighted by molar-refractivity contribution is 5.93. The molecule has 6 nitrogen and oxygen atoms in total. The normalized spacial score (nSPS) is 10.6. The van der Waals surface area contributed by atoms with E-state index in [1.165, 1.54) is 4.90 Å². The lowest BCUT2D eigenvalue weighted by Gasteiger charge is -2.17. The minimum absolute atomic E-state index is 0.402. The molecule has 6 heteroatoms. The van der Waals surface area contributed by atoms with Crippen molar-refractivity contribution in [2.45, 2.75) is 19.3 Å². The van der Waals surface area contributed by atoms with Crippen molar-refractivity contribution in [1.29, 1.82) is 0 Å². The summed E-state index contributed by atoms with van der Waals surface area (Å²) < 4.78 is 0. The lowest BCUT2D eigenvalue weighted by molar-refractivity contribution is -0.133. The second kappa shape index (κ2) is 8.87. The van der Waals surface area contributed by atoms with Gasteiger partial charge in [0.2, 0.25) is 5.91 Å². The molecular formula is C10H18N2O4. The minimum atomic E-state index is -1.19. The first-order valence-corrected chi connectivity index (χ1v) is 5.12. The molecule has 0 rings (SSSR count). The first-order chi connectivity index (χ1) is 7.61. The van der Waals surface area contributed by atoms with E-state index in [0.29, 0.717) is 13.1 Å². The molecule has 0 saturated carbocycles. The third kappa shape index (κ3) is 6.97. The van der Waals surface area contributed by atoms with Gasteiger partial charge < -0.3 is 20.8 Å². The van der Waals surface area contributed by atoms with Crippen LogP contribution in [-0.4, -0.2) is 46.8 Å². The Kier molecular flexibility index (Phi) is 8.10. The van der Waals surface area contributed by atoms with Crippen LogP contribution in [0.1, 0.15) is 19.3 Å². The highest BCUT2D eigenvalue weighted by Gasteiger charge is 2.08. The maximum atomic E-state index is 11.3. The van der Waals surface area contributed by atoms with Crippen molar-refractivity contribution in [1.82, 2.24) is 4.90 Å². The quantitative estimate of drug-likeness (QED) is 0.297. The summed E-state index contributed by atoms with van der Waals surface area (Å²) in [7, 11) is 0. The van der Waals surface area contributed by atoms with Crippen LogP contribution in [0.25, 0.3) is 0 Å². The van der Waals surface area contributed by atoms with Crippen molar-refractivity contribution >= 4 is 11.9 Å². The fourth-order valence-electron chi connectivity index (χ4n) is 1.12. The number of amides is 1. The average Bonchev–Trinajstić information content (AvgIpc) is 2.26. The number of unbranched alkanes of at least 4 members (excludes halogenated alkanes) is 2. The van der Waals surface area contributed by atoms with Crippen LogP contribution in [0.2, 0.25) is 0 Å². The van der Waals surface area contributed by atoms with Crippen LogP contribution in [0, 0.1) is 0 Å². The third-order valence-corrected chi connectivity index (χ3v) is 1.98. The Balaban J connectivity index is 3.97. The largest absolute Gasteiger partial charge is 0.478 e. The van der Waals surface area contributed by atoms with Crippen molar-refractivity contribution in [3.63, 3.8) is 0 Å². The number of rotatable bonds is 8. The third-order valence-electron chi connectivity index (χ3n) is 1.98. The van der Waals surface area contributed by atoms with Gasteiger partial charge in [-0.15, -0.1) is 0 Å². The van der Waals surface area contributed by atoms with E-state index in [-0.39, 0.29) is 0 Å². The molecule has 1 amide bonds. The molecule has 0 spiro atoms. The Hall–Kier alpha value is -1.40. The van der Waals surface area contributed by atoms with E-state index in [0.717, 1.165) is 31.4 Å². The smallest absolute Gasteiger partial charge is 0.328 e. The van der Waals surface area contributed by atoms with Gasteiger partial charge in [0.05, 0.1) is 0 Å². The van der Waals surface area contributed by atoms with E-state index >= 15 is 0 Å².